The van der Waals surface area contributed by atoms with E-state index in [0.29, 0.717) is 6.54 Å². The van der Waals surface area contributed by atoms with Crippen LogP contribution in [0.4, 0.5) is 0 Å². The number of carbonyl (C=O) groups is 1. The summed E-state index contributed by atoms with van der Waals surface area (Å²) in [6.45, 7) is 7.85. The van der Waals surface area contributed by atoms with Crippen LogP contribution in [-0.2, 0) is 17.8 Å². The van der Waals surface area contributed by atoms with Crippen molar-refractivity contribution in [3.05, 3.63) is 52.0 Å². The van der Waals surface area contributed by atoms with Crippen molar-refractivity contribution in [3.8, 4) is 0 Å². The minimum Gasteiger partial charge on any atom is -0.354 e. The zero-order chi connectivity index (χ0) is 16.9. The fraction of sp³-hybridized carbons (Fsp3) is 0.474. The van der Waals surface area contributed by atoms with Crippen molar-refractivity contribution in [2.45, 2.75) is 32.7 Å². The molecule has 0 aromatic carbocycles. The monoisotopic (exact) mass is 343 g/mol. The molecule has 0 fully saturated rings. The molecule has 24 heavy (non-hydrogen) atoms. The Kier molecular flexibility index (Phi) is 5.63. The summed E-state index contributed by atoms with van der Waals surface area (Å²) in [6.07, 6.45) is 4.67. The number of thiophene rings is 1. The summed E-state index contributed by atoms with van der Waals surface area (Å²) >= 11 is 1.86. The van der Waals surface area contributed by atoms with Crippen molar-refractivity contribution in [1.82, 2.24) is 15.2 Å². The topological polar surface area (TPSA) is 45.2 Å². The average Bonchev–Trinajstić information content (AvgIpc) is 3.03. The van der Waals surface area contributed by atoms with E-state index in [0.717, 1.165) is 31.6 Å². The average molecular weight is 343 g/mol. The number of pyridine rings is 1. The molecule has 0 spiro atoms. The SMILES string of the molecule is CC(C)C(C(=O)NCCN1CCc2sccc2C1)c1cccnc1. The maximum absolute atomic E-state index is 12.6. The lowest BCUT2D eigenvalue weighted by atomic mass is 9.88. The van der Waals surface area contributed by atoms with Crippen molar-refractivity contribution >= 4 is 17.2 Å². The van der Waals surface area contributed by atoms with E-state index in [-0.39, 0.29) is 17.7 Å². The molecule has 1 aliphatic heterocycles. The van der Waals surface area contributed by atoms with Crippen LogP contribution in [0.5, 0.6) is 0 Å². The molecule has 1 atom stereocenters. The van der Waals surface area contributed by atoms with E-state index in [9.17, 15) is 4.79 Å². The normalized spacial score (nSPS) is 16.0. The summed E-state index contributed by atoms with van der Waals surface area (Å²) in [5.74, 6) is 0.215. The summed E-state index contributed by atoms with van der Waals surface area (Å²) in [5, 5.41) is 5.30. The highest BCUT2D eigenvalue weighted by Gasteiger charge is 2.24. The van der Waals surface area contributed by atoms with Crippen LogP contribution in [0, 0.1) is 5.92 Å². The van der Waals surface area contributed by atoms with Crippen LogP contribution >= 0.6 is 11.3 Å². The number of hydrogen-bond donors (Lipinski definition) is 1. The maximum Gasteiger partial charge on any atom is 0.227 e. The Morgan fingerprint density at radius 1 is 1.42 bits per heavy atom. The Morgan fingerprint density at radius 3 is 3.04 bits per heavy atom. The molecule has 0 saturated carbocycles. The first-order chi connectivity index (χ1) is 11.6. The molecule has 3 rings (SSSR count). The molecule has 1 N–H and O–H groups in total. The number of amides is 1. The Hall–Kier alpha value is -1.72. The minimum absolute atomic E-state index is 0.103. The van der Waals surface area contributed by atoms with Crippen molar-refractivity contribution in [3.63, 3.8) is 0 Å². The highest BCUT2D eigenvalue weighted by Crippen LogP contribution is 2.25. The largest absolute Gasteiger partial charge is 0.354 e. The molecule has 2 aromatic heterocycles. The molecule has 128 valence electrons. The highest BCUT2D eigenvalue weighted by atomic mass is 32.1. The van der Waals surface area contributed by atoms with Crippen LogP contribution in [0.3, 0.4) is 0 Å². The van der Waals surface area contributed by atoms with Gasteiger partial charge in [0.25, 0.3) is 0 Å². The van der Waals surface area contributed by atoms with Crippen LogP contribution in [0.1, 0.15) is 35.8 Å². The van der Waals surface area contributed by atoms with Gasteiger partial charge in [0.2, 0.25) is 5.91 Å². The van der Waals surface area contributed by atoms with Crippen LogP contribution in [0.15, 0.2) is 36.0 Å². The van der Waals surface area contributed by atoms with Gasteiger partial charge in [-0.3, -0.25) is 14.7 Å². The van der Waals surface area contributed by atoms with Crippen molar-refractivity contribution in [1.29, 1.82) is 0 Å². The van der Waals surface area contributed by atoms with Crippen LogP contribution in [0.25, 0.3) is 0 Å². The van der Waals surface area contributed by atoms with Crippen LogP contribution < -0.4 is 5.32 Å². The van der Waals surface area contributed by atoms with E-state index in [2.05, 4.69) is 40.5 Å². The second-order valence-electron chi connectivity index (χ2n) is 6.69. The van der Waals surface area contributed by atoms with Gasteiger partial charge in [0.1, 0.15) is 0 Å². The third kappa shape index (κ3) is 4.02. The van der Waals surface area contributed by atoms with E-state index in [4.69, 9.17) is 0 Å². The van der Waals surface area contributed by atoms with Crippen LogP contribution in [0.2, 0.25) is 0 Å². The smallest absolute Gasteiger partial charge is 0.227 e. The second-order valence-corrected chi connectivity index (χ2v) is 7.69. The maximum atomic E-state index is 12.6. The van der Waals surface area contributed by atoms with E-state index in [1.54, 1.807) is 12.4 Å². The first kappa shape index (κ1) is 17.1. The predicted octanol–water partition coefficient (Wildman–Crippen LogP) is 3.06. The van der Waals surface area contributed by atoms with Crippen molar-refractivity contribution in [2.24, 2.45) is 5.92 Å². The molecular weight excluding hydrogens is 318 g/mol. The Morgan fingerprint density at radius 2 is 2.29 bits per heavy atom. The standard InChI is InChI=1S/C19H25N3OS/c1-14(2)18(15-4-3-7-20-12-15)19(23)21-8-10-22-9-5-17-16(13-22)6-11-24-17/h3-4,6-7,11-12,14,18H,5,8-10,13H2,1-2H3,(H,21,23). The van der Waals surface area contributed by atoms with Gasteiger partial charge in [-0.1, -0.05) is 19.9 Å². The van der Waals surface area contributed by atoms with Gasteiger partial charge in [-0.05, 0) is 41.0 Å². The first-order valence-corrected chi connectivity index (χ1v) is 9.48. The highest BCUT2D eigenvalue weighted by molar-refractivity contribution is 7.10. The van der Waals surface area contributed by atoms with Gasteiger partial charge in [-0.2, -0.15) is 0 Å². The van der Waals surface area contributed by atoms with E-state index in [1.807, 2.05) is 23.5 Å². The molecule has 0 bridgehead atoms. The zero-order valence-corrected chi connectivity index (χ0v) is 15.2. The number of nitrogens with zero attached hydrogens (tertiary/aromatic N) is 2. The lowest BCUT2D eigenvalue weighted by Crippen LogP contribution is -2.39. The molecule has 4 nitrogen and oxygen atoms in total. The summed E-state index contributed by atoms with van der Waals surface area (Å²) in [4.78, 5) is 20.7. The van der Waals surface area contributed by atoms with E-state index in [1.165, 1.54) is 10.4 Å². The first-order valence-electron chi connectivity index (χ1n) is 8.60. The second kappa shape index (κ2) is 7.90. The minimum atomic E-state index is -0.136. The quantitative estimate of drug-likeness (QED) is 0.877. The zero-order valence-electron chi connectivity index (χ0n) is 14.4. The van der Waals surface area contributed by atoms with Gasteiger partial charge >= 0.3 is 0 Å². The molecular formula is C19H25N3OS. The Bertz CT molecular complexity index is 668. The van der Waals surface area contributed by atoms with E-state index >= 15 is 0 Å². The molecule has 5 heteroatoms. The Labute approximate surface area is 147 Å². The summed E-state index contributed by atoms with van der Waals surface area (Å²) < 4.78 is 0. The Balaban J connectivity index is 1.51. The summed E-state index contributed by atoms with van der Waals surface area (Å²) in [7, 11) is 0. The van der Waals surface area contributed by atoms with Gasteiger partial charge in [-0.25, -0.2) is 0 Å². The number of hydrogen-bond acceptors (Lipinski definition) is 4. The molecule has 2 aromatic rings. The van der Waals surface area contributed by atoms with Crippen LogP contribution in [-0.4, -0.2) is 35.4 Å². The number of fused-ring (bicyclic) bond motifs is 1. The third-order valence-electron chi connectivity index (χ3n) is 4.61. The number of aromatic nitrogens is 1. The number of carbonyl (C=O) groups excluding carboxylic acids is 1. The molecule has 1 unspecified atom stereocenters. The van der Waals surface area contributed by atoms with Gasteiger partial charge in [0.05, 0.1) is 5.92 Å². The van der Waals surface area contributed by atoms with Gasteiger partial charge in [0, 0.05) is 43.4 Å². The lowest BCUT2D eigenvalue weighted by Gasteiger charge is -2.27. The predicted molar refractivity (Wildman–Crippen MR) is 98.1 cm³/mol. The third-order valence-corrected chi connectivity index (χ3v) is 5.63. The van der Waals surface area contributed by atoms with Crippen molar-refractivity contribution in [2.75, 3.05) is 19.6 Å². The summed E-state index contributed by atoms with van der Waals surface area (Å²) in [5.41, 5.74) is 2.44. The fourth-order valence-corrected chi connectivity index (χ4v) is 4.23. The molecule has 1 aliphatic rings. The molecule has 0 saturated heterocycles. The van der Waals surface area contributed by atoms with Crippen molar-refractivity contribution < 1.29 is 4.79 Å². The molecule has 0 aliphatic carbocycles. The summed E-state index contributed by atoms with van der Waals surface area (Å²) in [6, 6.07) is 6.10. The van der Waals surface area contributed by atoms with Gasteiger partial charge in [0.15, 0.2) is 0 Å². The van der Waals surface area contributed by atoms with Gasteiger partial charge in [-0.15, -0.1) is 11.3 Å². The number of nitrogens with one attached hydrogen (secondary N) is 1. The fourth-order valence-electron chi connectivity index (χ4n) is 3.34. The van der Waals surface area contributed by atoms with Gasteiger partial charge < -0.3 is 5.32 Å². The lowest BCUT2D eigenvalue weighted by molar-refractivity contribution is -0.123. The molecule has 1 amide bonds. The van der Waals surface area contributed by atoms with E-state index < -0.39 is 0 Å². The molecule has 0 radical (unpaired) electrons. The molecule has 3 heterocycles. The number of rotatable bonds is 6.